The highest BCUT2D eigenvalue weighted by atomic mass is 32.2. The minimum atomic E-state index is -4.74. The maximum Gasteiger partial charge on any atom is 0.329 e. The van der Waals surface area contributed by atoms with E-state index in [1.54, 1.807) is 26.8 Å². The van der Waals surface area contributed by atoms with Gasteiger partial charge in [-0.2, -0.15) is 0 Å². The highest BCUT2D eigenvalue weighted by Crippen LogP contribution is 2.27. The Balaban J connectivity index is 1.89. The molecule has 1 heterocycles. The van der Waals surface area contributed by atoms with Gasteiger partial charge < -0.3 is 24.8 Å². The fourth-order valence-corrected chi connectivity index (χ4v) is 4.47. The van der Waals surface area contributed by atoms with Crippen LogP contribution in [-0.4, -0.2) is 60.5 Å². The average Bonchev–Trinajstić information content (AvgIpc) is 2.80. The summed E-state index contributed by atoms with van der Waals surface area (Å²) in [6.07, 6.45) is 0.328. The number of hydrogen-bond acceptors (Lipinski definition) is 7. The van der Waals surface area contributed by atoms with Gasteiger partial charge in [0.2, 0.25) is 5.91 Å². The monoisotopic (exact) mass is 531 g/mol. The van der Waals surface area contributed by atoms with Gasteiger partial charge in [-0.25, -0.2) is 18.0 Å². The largest absolute Gasteiger partial charge is 0.731 e. The van der Waals surface area contributed by atoms with Gasteiger partial charge in [0.15, 0.2) is 10.3 Å². The number of nitrogens with zero attached hydrogens (tertiary/aromatic N) is 1. The number of amides is 3. The number of nitrogens with one attached hydrogen (secondary N) is 3. The fourth-order valence-electron chi connectivity index (χ4n) is 4.05. The second-order valence-electron chi connectivity index (χ2n) is 9.73. The molecule has 0 spiro atoms. The number of ether oxygens (including phenoxy) is 1. The molecule has 11 nitrogen and oxygen atoms in total. The molecule has 200 valence electrons. The van der Waals surface area contributed by atoms with E-state index in [4.69, 9.17) is 4.74 Å². The third kappa shape index (κ3) is 7.92. The third-order valence-corrected chi connectivity index (χ3v) is 6.15. The smallest absolute Gasteiger partial charge is 0.329 e. The van der Waals surface area contributed by atoms with Crippen molar-refractivity contribution in [3.8, 4) is 0 Å². The summed E-state index contributed by atoms with van der Waals surface area (Å²) >= 11 is 0. The molecular formula is C25H31N4O7S-. The van der Waals surface area contributed by atoms with Gasteiger partial charge in [0.25, 0.3) is 0 Å². The minimum absolute atomic E-state index is 0.0446. The van der Waals surface area contributed by atoms with E-state index in [1.807, 2.05) is 35.1 Å². The molecule has 0 radical (unpaired) electrons. The van der Waals surface area contributed by atoms with Gasteiger partial charge in [0.1, 0.15) is 17.7 Å². The van der Waals surface area contributed by atoms with Crippen LogP contribution < -0.4 is 15.4 Å². The minimum Gasteiger partial charge on any atom is -0.731 e. The number of rotatable bonds is 7. The molecule has 2 atom stereocenters. The summed E-state index contributed by atoms with van der Waals surface area (Å²) < 4.78 is 40.8. The predicted molar refractivity (Wildman–Crippen MR) is 135 cm³/mol. The van der Waals surface area contributed by atoms with E-state index < -0.39 is 45.9 Å². The maximum atomic E-state index is 13.5. The molecule has 1 aliphatic heterocycles. The van der Waals surface area contributed by atoms with Crippen LogP contribution >= 0.6 is 0 Å². The zero-order valence-electron chi connectivity index (χ0n) is 21.1. The first-order valence-corrected chi connectivity index (χ1v) is 13.1. The Kier molecular flexibility index (Phi) is 8.44. The predicted octanol–water partition coefficient (Wildman–Crippen LogP) is 1.69. The number of carbonyl (C=O) groups is 3. The van der Waals surface area contributed by atoms with E-state index in [9.17, 15) is 27.4 Å². The van der Waals surface area contributed by atoms with Crippen LogP contribution in [0.15, 0.2) is 48.5 Å². The van der Waals surface area contributed by atoms with Crippen molar-refractivity contribution in [2.24, 2.45) is 0 Å². The van der Waals surface area contributed by atoms with Crippen molar-refractivity contribution in [3.63, 3.8) is 0 Å². The lowest BCUT2D eigenvalue weighted by Gasteiger charge is -2.37. The quantitative estimate of drug-likeness (QED) is 0.362. The van der Waals surface area contributed by atoms with Crippen molar-refractivity contribution in [2.45, 2.75) is 57.8 Å². The molecule has 3 amide bonds. The Morgan fingerprint density at radius 3 is 2.38 bits per heavy atom. The highest BCUT2D eigenvalue weighted by molar-refractivity contribution is 7.87. The van der Waals surface area contributed by atoms with E-state index in [0.717, 1.165) is 11.1 Å². The van der Waals surface area contributed by atoms with Crippen molar-refractivity contribution in [2.75, 3.05) is 11.8 Å². The number of carbonyl (C=O) groups excluding carboxylic acids is 3. The van der Waals surface area contributed by atoms with Crippen molar-refractivity contribution in [1.29, 1.82) is 0 Å². The molecule has 0 saturated heterocycles. The van der Waals surface area contributed by atoms with Gasteiger partial charge in [-0.05, 0) is 49.6 Å². The van der Waals surface area contributed by atoms with Gasteiger partial charge >= 0.3 is 12.0 Å². The molecule has 3 N–H and O–H groups in total. The molecule has 1 aliphatic rings. The standard InChI is InChI=1S/C25H32N4O7S/c1-25(2,3)36-23(31)20(12-16-8-6-5-7-9-16)27-24(32)29-15-18-13-19(28-37(33,34)35)11-10-17(18)14-21(29)22(30)26-4/h5-11,13,20-21,28H,12,14-15H2,1-4H3,(H,26,30)(H,27,32)(H,33,34,35)/p-1/t20-,21-/m0/s1. The zero-order valence-corrected chi connectivity index (χ0v) is 21.9. The molecule has 0 unspecified atom stereocenters. The molecule has 0 aliphatic carbocycles. The maximum absolute atomic E-state index is 13.5. The first kappa shape index (κ1) is 27.9. The Hall–Kier alpha value is -3.64. The van der Waals surface area contributed by atoms with Crippen LogP contribution in [0.3, 0.4) is 0 Å². The molecule has 0 bridgehead atoms. The van der Waals surface area contributed by atoms with Crippen molar-refractivity contribution < 1.29 is 32.1 Å². The van der Waals surface area contributed by atoms with Crippen LogP contribution in [0.4, 0.5) is 10.5 Å². The molecule has 0 fully saturated rings. The van der Waals surface area contributed by atoms with E-state index in [2.05, 4.69) is 10.6 Å². The summed E-state index contributed by atoms with van der Waals surface area (Å²) in [5, 5.41) is 5.28. The first-order chi connectivity index (χ1) is 17.3. The number of hydrogen-bond donors (Lipinski definition) is 3. The second-order valence-corrected chi connectivity index (χ2v) is 10.8. The van der Waals surface area contributed by atoms with Crippen LogP contribution in [0.1, 0.15) is 37.5 Å². The zero-order chi connectivity index (χ0) is 27.4. The molecular weight excluding hydrogens is 500 g/mol. The summed E-state index contributed by atoms with van der Waals surface area (Å²) in [6.45, 7) is 5.12. The van der Waals surface area contributed by atoms with Crippen LogP contribution in [0, 0.1) is 0 Å². The van der Waals surface area contributed by atoms with E-state index in [1.165, 1.54) is 24.1 Å². The second kappa shape index (κ2) is 11.2. The average molecular weight is 532 g/mol. The van der Waals surface area contributed by atoms with Gasteiger partial charge in [0, 0.05) is 32.1 Å². The highest BCUT2D eigenvalue weighted by Gasteiger charge is 2.36. The van der Waals surface area contributed by atoms with Crippen LogP contribution in [0.2, 0.25) is 0 Å². The van der Waals surface area contributed by atoms with Crippen LogP contribution in [0.25, 0.3) is 0 Å². The molecule has 37 heavy (non-hydrogen) atoms. The molecule has 12 heteroatoms. The van der Waals surface area contributed by atoms with Gasteiger partial charge in [0.05, 0.1) is 0 Å². The number of anilines is 1. The van der Waals surface area contributed by atoms with E-state index in [0.29, 0.717) is 5.56 Å². The molecule has 0 saturated carbocycles. The lowest BCUT2D eigenvalue weighted by molar-refractivity contribution is -0.157. The first-order valence-electron chi connectivity index (χ1n) is 11.7. The van der Waals surface area contributed by atoms with Gasteiger partial charge in [-0.3, -0.25) is 9.52 Å². The summed E-state index contributed by atoms with van der Waals surface area (Å²) in [7, 11) is -3.28. The topological polar surface area (TPSA) is 157 Å². The van der Waals surface area contributed by atoms with Crippen LogP contribution in [-0.2, 0) is 44.0 Å². The number of benzene rings is 2. The Labute approximate surface area is 216 Å². The Morgan fingerprint density at radius 2 is 1.78 bits per heavy atom. The molecule has 3 rings (SSSR count). The lowest BCUT2D eigenvalue weighted by atomic mass is 9.93. The van der Waals surface area contributed by atoms with Crippen LogP contribution in [0.5, 0.6) is 0 Å². The van der Waals surface area contributed by atoms with Gasteiger partial charge in [-0.1, -0.05) is 36.4 Å². The third-order valence-electron chi connectivity index (χ3n) is 5.66. The SMILES string of the molecule is CNC(=O)[C@@H]1Cc2ccc(NS(=O)(=O)[O-])cc2CN1C(=O)N[C@@H](Cc1ccccc1)C(=O)OC(C)(C)C. The number of esters is 1. The summed E-state index contributed by atoms with van der Waals surface area (Å²) in [5.74, 6) is -1.02. The Bertz CT molecular complexity index is 1260. The fraction of sp³-hybridized carbons (Fsp3) is 0.400. The summed E-state index contributed by atoms with van der Waals surface area (Å²) in [5.41, 5.74) is 1.35. The van der Waals surface area contributed by atoms with E-state index >= 15 is 0 Å². The lowest BCUT2D eigenvalue weighted by Crippen LogP contribution is -2.57. The number of urea groups is 1. The van der Waals surface area contributed by atoms with Gasteiger partial charge in [-0.15, -0.1) is 0 Å². The normalized spacial score (nSPS) is 16.2. The number of fused-ring (bicyclic) bond motifs is 1. The molecule has 0 aromatic heterocycles. The van der Waals surface area contributed by atoms with E-state index in [-0.39, 0.29) is 25.1 Å². The summed E-state index contributed by atoms with van der Waals surface area (Å²) in [4.78, 5) is 40.5. The van der Waals surface area contributed by atoms with Crippen molar-refractivity contribution >= 4 is 33.9 Å². The summed E-state index contributed by atoms with van der Waals surface area (Å²) in [6, 6.07) is 11.0. The number of likely N-dealkylation sites (N-methyl/N-ethyl adjacent to an activating group) is 1. The Morgan fingerprint density at radius 1 is 1.11 bits per heavy atom. The molecule has 2 aromatic carbocycles. The molecule has 2 aromatic rings. The van der Waals surface area contributed by atoms with Crippen molar-refractivity contribution in [3.05, 3.63) is 65.2 Å². The van der Waals surface area contributed by atoms with Crippen molar-refractivity contribution in [1.82, 2.24) is 15.5 Å².